The fourth-order valence-electron chi connectivity index (χ4n) is 1.52. The number of anilines is 1. The lowest BCUT2D eigenvalue weighted by molar-refractivity contribution is -0.388. The summed E-state index contributed by atoms with van der Waals surface area (Å²) in [5.74, 6) is 0.751. The Hall–Kier alpha value is -1.63. The summed E-state index contributed by atoms with van der Waals surface area (Å²) in [6, 6.07) is 0. The fourth-order valence-corrected chi connectivity index (χ4v) is 1.52. The molecule has 2 N–H and O–H groups in total. The minimum absolute atomic E-state index is 0.0185. The maximum atomic E-state index is 10.9. The average Bonchev–Trinajstić information content (AvgIpc) is 2.45. The summed E-state index contributed by atoms with van der Waals surface area (Å²) in [7, 11) is 1.71. The topological polar surface area (TPSA) is 93.2 Å². The molecule has 0 aliphatic carbocycles. The Bertz CT molecular complexity index is 425. The van der Waals surface area contributed by atoms with Crippen LogP contribution in [0, 0.1) is 17.0 Å². The molecule has 0 saturated carbocycles. The molecule has 0 unspecified atom stereocenters. The molecular weight excluding hydrogens is 224 g/mol. The standard InChI is InChI=1S/C10H18N4O3/c1-7-11-8(14(16)17)9(13(7)4)12-10(2,3)5-6-15/h12,15H,5-6H2,1-4H3. The van der Waals surface area contributed by atoms with Gasteiger partial charge in [-0.1, -0.05) is 0 Å². The van der Waals surface area contributed by atoms with E-state index >= 15 is 0 Å². The molecule has 17 heavy (non-hydrogen) atoms. The Labute approximate surface area is 99.6 Å². The number of aliphatic hydroxyl groups is 1. The number of aliphatic hydroxyl groups excluding tert-OH is 1. The molecule has 0 radical (unpaired) electrons. The Morgan fingerprint density at radius 1 is 1.59 bits per heavy atom. The van der Waals surface area contributed by atoms with E-state index < -0.39 is 10.5 Å². The van der Waals surface area contributed by atoms with Crippen LogP contribution in [-0.4, -0.2) is 31.7 Å². The van der Waals surface area contributed by atoms with Crippen molar-refractivity contribution in [3.63, 3.8) is 0 Å². The Morgan fingerprint density at radius 2 is 2.18 bits per heavy atom. The van der Waals surface area contributed by atoms with Gasteiger partial charge in [0.05, 0.1) is 0 Å². The molecule has 0 atom stereocenters. The summed E-state index contributed by atoms with van der Waals surface area (Å²) in [5, 5.41) is 22.9. The van der Waals surface area contributed by atoms with E-state index in [-0.39, 0.29) is 12.4 Å². The van der Waals surface area contributed by atoms with Gasteiger partial charge in [-0.25, -0.2) is 0 Å². The van der Waals surface area contributed by atoms with E-state index in [4.69, 9.17) is 5.11 Å². The molecule has 0 amide bonds. The van der Waals surface area contributed by atoms with Gasteiger partial charge in [0.15, 0.2) is 0 Å². The van der Waals surface area contributed by atoms with E-state index in [9.17, 15) is 10.1 Å². The molecule has 1 aromatic rings. The summed E-state index contributed by atoms with van der Waals surface area (Å²) >= 11 is 0. The van der Waals surface area contributed by atoms with Crippen molar-refractivity contribution in [1.29, 1.82) is 0 Å². The smallest absolute Gasteiger partial charge is 0.396 e. The van der Waals surface area contributed by atoms with Gasteiger partial charge in [-0.05, 0) is 30.2 Å². The molecule has 0 aliphatic rings. The summed E-state index contributed by atoms with van der Waals surface area (Å²) in [6.45, 7) is 5.46. The van der Waals surface area contributed by atoms with Crippen LogP contribution in [0.3, 0.4) is 0 Å². The zero-order chi connectivity index (χ0) is 13.2. The van der Waals surface area contributed by atoms with Gasteiger partial charge in [0.1, 0.15) is 0 Å². The second kappa shape index (κ2) is 4.70. The number of hydrogen-bond donors (Lipinski definition) is 2. The van der Waals surface area contributed by atoms with E-state index in [2.05, 4.69) is 10.3 Å². The van der Waals surface area contributed by atoms with Gasteiger partial charge in [0, 0.05) is 26.1 Å². The third-order valence-corrected chi connectivity index (χ3v) is 2.67. The third kappa shape index (κ3) is 2.94. The van der Waals surface area contributed by atoms with Crippen molar-refractivity contribution in [2.24, 2.45) is 7.05 Å². The van der Waals surface area contributed by atoms with Gasteiger partial charge in [-0.3, -0.25) is 4.57 Å². The summed E-state index contributed by atoms with van der Waals surface area (Å²) in [6.07, 6.45) is 0.494. The van der Waals surface area contributed by atoms with Gasteiger partial charge < -0.3 is 20.5 Å². The number of hydrogen-bond acceptors (Lipinski definition) is 5. The normalized spacial score (nSPS) is 11.6. The van der Waals surface area contributed by atoms with Crippen LogP contribution in [0.25, 0.3) is 0 Å². The highest BCUT2D eigenvalue weighted by Gasteiger charge is 2.28. The number of aromatic nitrogens is 2. The Kier molecular flexibility index (Phi) is 3.72. The molecule has 0 spiro atoms. The van der Waals surface area contributed by atoms with Crippen molar-refractivity contribution in [2.45, 2.75) is 32.7 Å². The van der Waals surface area contributed by atoms with E-state index in [1.165, 1.54) is 0 Å². The van der Waals surface area contributed by atoms with E-state index in [1.807, 2.05) is 13.8 Å². The van der Waals surface area contributed by atoms with E-state index in [0.29, 0.717) is 18.1 Å². The first kappa shape index (κ1) is 13.4. The number of imidazole rings is 1. The zero-order valence-electron chi connectivity index (χ0n) is 10.5. The first-order chi connectivity index (χ1) is 7.78. The summed E-state index contributed by atoms with van der Waals surface area (Å²) in [4.78, 5) is 14.3. The lowest BCUT2D eigenvalue weighted by atomic mass is 10.0. The number of nitrogens with one attached hydrogen (secondary N) is 1. The summed E-state index contributed by atoms with van der Waals surface area (Å²) < 4.78 is 1.64. The third-order valence-electron chi connectivity index (χ3n) is 2.67. The average molecular weight is 242 g/mol. The van der Waals surface area contributed by atoms with Crippen LogP contribution < -0.4 is 5.32 Å². The summed E-state index contributed by atoms with van der Waals surface area (Å²) in [5.41, 5.74) is -0.431. The van der Waals surface area contributed by atoms with Crippen molar-refractivity contribution in [3.05, 3.63) is 15.9 Å². The van der Waals surface area contributed by atoms with Crippen molar-refractivity contribution >= 4 is 11.6 Å². The maximum absolute atomic E-state index is 10.9. The quantitative estimate of drug-likeness (QED) is 0.598. The van der Waals surface area contributed by atoms with Crippen LogP contribution in [0.15, 0.2) is 0 Å². The minimum atomic E-state index is -0.510. The zero-order valence-corrected chi connectivity index (χ0v) is 10.5. The second-order valence-corrected chi connectivity index (χ2v) is 4.63. The van der Waals surface area contributed by atoms with Crippen molar-refractivity contribution in [2.75, 3.05) is 11.9 Å². The minimum Gasteiger partial charge on any atom is -0.396 e. The molecule has 0 aromatic carbocycles. The molecule has 0 aliphatic heterocycles. The molecule has 1 heterocycles. The monoisotopic (exact) mass is 242 g/mol. The number of nitro groups is 1. The highest BCUT2D eigenvalue weighted by atomic mass is 16.6. The first-order valence-corrected chi connectivity index (χ1v) is 5.35. The van der Waals surface area contributed by atoms with Gasteiger partial charge in [-0.15, -0.1) is 0 Å². The highest BCUT2D eigenvalue weighted by Crippen LogP contribution is 2.27. The Balaban J connectivity index is 3.09. The molecule has 7 heteroatoms. The maximum Gasteiger partial charge on any atom is 0.406 e. The highest BCUT2D eigenvalue weighted by molar-refractivity contribution is 5.54. The van der Waals surface area contributed by atoms with Crippen LogP contribution in [0.2, 0.25) is 0 Å². The molecule has 0 bridgehead atoms. The van der Waals surface area contributed by atoms with Crippen LogP contribution in [0.5, 0.6) is 0 Å². The molecule has 7 nitrogen and oxygen atoms in total. The molecule has 1 rings (SSSR count). The van der Waals surface area contributed by atoms with E-state index in [0.717, 1.165) is 0 Å². The van der Waals surface area contributed by atoms with Gasteiger partial charge in [0.2, 0.25) is 11.6 Å². The van der Waals surface area contributed by atoms with Crippen molar-refractivity contribution in [3.8, 4) is 0 Å². The number of nitrogens with zero attached hydrogens (tertiary/aromatic N) is 3. The van der Waals surface area contributed by atoms with Crippen LogP contribution in [-0.2, 0) is 7.05 Å². The lowest BCUT2D eigenvalue weighted by Crippen LogP contribution is -2.33. The van der Waals surface area contributed by atoms with Gasteiger partial charge in [-0.2, -0.15) is 0 Å². The van der Waals surface area contributed by atoms with Gasteiger partial charge >= 0.3 is 5.82 Å². The molecule has 0 saturated heterocycles. The largest absolute Gasteiger partial charge is 0.406 e. The van der Waals surface area contributed by atoms with Crippen molar-refractivity contribution < 1.29 is 10.0 Å². The molecular formula is C10H18N4O3. The lowest BCUT2D eigenvalue weighted by Gasteiger charge is -2.26. The van der Waals surface area contributed by atoms with E-state index in [1.54, 1.807) is 18.5 Å². The molecule has 0 fully saturated rings. The predicted octanol–water partition coefficient (Wildman–Crippen LogP) is 1.21. The molecule has 1 aromatic heterocycles. The molecule has 96 valence electrons. The van der Waals surface area contributed by atoms with Gasteiger partial charge in [0.25, 0.3) is 0 Å². The predicted molar refractivity (Wildman–Crippen MR) is 64.0 cm³/mol. The van der Waals surface area contributed by atoms with Crippen LogP contribution in [0.4, 0.5) is 11.6 Å². The first-order valence-electron chi connectivity index (χ1n) is 5.35. The SMILES string of the molecule is Cc1nc([N+](=O)[O-])c(NC(C)(C)CCO)n1C. The second-order valence-electron chi connectivity index (χ2n) is 4.63. The van der Waals surface area contributed by atoms with Crippen LogP contribution >= 0.6 is 0 Å². The Morgan fingerprint density at radius 3 is 2.65 bits per heavy atom. The fraction of sp³-hybridized carbons (Fsp3) is 0.700. The number of aryl methyl sites for hydroxylation is 1. The van der Waals surface area contributed by atoms with Crippen molar-refractivity contribution in [1.82, 2.24) is 9.55 Å². The van der Waals surface area contributed by atoms with Crippen LogP contribution in [0.1, 0.15) is 26.1 Å². The number of rotatable bonds is 5.